The Morgan fingerprint density at radius 2 is 2.17 bits per heavy atom. The first-order chi connectivity index (χ1) is 8.77. The van der Waals surface area contributed by atoms with Crippen molar-refractivity contribution in [1.29, 1.82) is 0 Å². The highest BCUT2D eigenvalue weighted by Gasteiger charge is 2.23. The van der Waals surface area contributed by atoms with Crippen molar-refractivity contribution in [3.63, 3.8) is 0 Å². The van der Waals surface area contributed by atoms with Crippen molar-refractivity contribution in [3.8, 4) is 0 Å². The summed E-state index contributed by atoms with van der Waals surface area (Å²) in [6.45, 7) is 5.37. The van der Waals surface area contributed by atoms with Crippen LogP contribution in [0.25, 0.3) is 0 Å². The molecule has 1 heterocycles. The molecule has 0 aromatic carbocycles. The maximum absolute atomic E-state index is 11.8. The topological polar surface area (TPSA) is 50.4 Å². The summed E-state index contributed by atoms with van der Waals surface area (Å²) >= 11 is 0. The van der Waals surface area contributed by atoms with E-state index in [9.17, 15) is 4.79 Å². The summed E-state index contributed by atoms with van der Waals surface area (Å²) in [5.41, 5.74) is 0. The molecule has 0 aromatic heterocycles. The van der Waals surface area contributed by atoms with Gasteiger partial charge in [0.15, 0.2) is 0 Å². The molecule has 2 aliphatic rings. The molecule has 104 valence electrons. The van der Waals surface area contributed by atoms with E-state index in [1.165, 1.54) is 25.7 Å². The second-order valence-electron chi connectivity index (χ2n) is 5.65. The Hall–Kier alpha value is -0.610. The first-order valence-corrected chi connectivity index (χ1v) is 7.37. The molecule has 1 saturated carbocycles. The quantitative estimate of drug-likeness (QED) is 0.727. The first-order valence-electron chi connectivity index (χ1n) is 7.37. The number of hydrogen-bond donors (Lipinski definition) is 2. The first kappa shape index (κ1) is 13.8. The molecule has 3 unspecified atom stereocenters. The summed E-state index contributed by atoms with van der Waals surface area (Å²) in [5, 5.41) is 6.18. The van der Waals surface area contributed by atoms with Crippen LogP contribution in [0, 0.1) is 11.8 Å². The van der Waals surface area contributed by atoms with E-state index in [1.54, 1.807) is 0 Å². The molecule has 2 rings (SSSR count). The smallest absolute Gasteiger partial charge is 0.224 e. The van der Waals surface area contributed by atoms with Crippen LogP contribution in [0.3, 0.4) is 0 Å². The Kier molecular flexibility index (Phi) is 5.45. The van der Waals surface area contributed by atoms with Gasteiger partial charge >= 0.3 is 0 Å². The lowest BCUT2D eigenvalue weighted by Crippen LogP contribution is -2.35. The summed E-state index contributed by atoms with van der Waals surface area (Å²) in [6.07, 6.45) is 6.46. The fourth-order valence-corrected chi connectivity index (χ4v) is 2.94. The predicted molar refractivity (Wildman–Crippen MR) is 71.4 cm³/mol. The van der Waals surface area contributed by atoms with E-state index in [0.29, 0.717) is 25.2 Å². The monoisotopic (exact) mass is 254 g/mol. The van der Waals surface area contributed by atoms with Crippen molar-refractivity contribution in [2.24, 2.45) is 11.8 Å². The van der Waals surface area contributed by atoms with Gasteiger partial charge in [-0.25, -0.2) is 0 Å². The fourth-order valence-electron chi connectivity index (χ4n) is 2.94. The van der Waals surface area contributed by atoms with E-state index >= 15 is 0 Å². The maximum atomic E-state index is 11.8. The van der Waals surface area contributed by atoms with Gasteiger partial charge < -0.3 is 15.4 Å². The molecule has 1 aliphatic carbocycles. The Morgan fingerprint density at radius 3 is 2.89 bits per heavy atom. The molecule has 4 heteroatoms. The highest BCUT2D eigenvalue weighted by Crippen LogP contribution is 2.25. The van der Waals surface area contributed by atoms with Crippen LogP contribution in [0.1, 0.15) is 39.0 Å². The summed E-state index contributed by atoms with van der Waals surface area (Å²) in [7, 11) is 0. The second kappa shape index (κ2) is 7.10. The van der Waals surface area contributed by atoms with Crippen LogP contribution < -0.4 is 10.6 Å². The number of hydrogen-bond acceptors (Lipinski definition) is 3. The van der Waals surface area contributed by atoms with Gasteiger partial charge in [0.25, 0.3) is 0 Å². The molecule has 0 radical (unpaired) electrons. The van der Waals surface area contributed by atoms with Crippen LogP contribution in [0.15, 0.2) is 0 Å². The van der Waals surface area contributed by atoms with Gasteiger partial charge in [0, 0.05) is 13.1 Å². The maximum Gasteiger partial charge on any atom is 0.224 e. The molecule has 3 atom stereocenters. The van der Waals surface area contributed by atoms with Gasteiger partial charge in [0.05, 0.1) is 18.6 Å². The summed E-state index contributed by atoms with van der Waals surface area (Å²) in [5.74, 6) is 1.02. The summed E-state index contributed by atoms with van der Waals surface area (Å²) < 4.78 is 5.88. The van der Waals surface area contributed by atoms with Crippen molar-refractivity contribution in [2.75, 3.05) is 26.2 Å². The number of amides is 1. The number of ether oxygens (including phenoxy) is 1. The van der Waals surface area contributed by atoms with Crippen molar-refractivity contribution in [2.45, 2.75) is 45.1 Å². The van der Waals surface area contributed by atoms with E-state index in [1.807, 2.05) is 0 Å². The van der Waals surface area contributed by atoms with Crippen molar-refractivity contribution in [3.05, 3.63) is 0 Å². The van der Waals surface area contributed by atoms with E-state index in [-0.39, 0.29) is 11.8 Å². The number of carbonyl (C=O) groups excluding carboxylic acids is 1. The van der Waals surface area contributed by atoms with Gasteiger partial charge in [0.1, 0.15) is 0 Å². The SMILES string of the molecule is CC1CCCCC1OCCNC(=O)C1CCNC1. The predicted octanol–water partition coefficient (Wildman–Crippen LogP) is 1.31. The van der Waals surface area contributed by atoms with Crippen LogP contribution in [0.4, 0.5) is 0 Å². The largest absolute Gasteiger partial charge is 0.376 e. The normalized spacial score (nSPS) is 32.4. The Labute approximate surface area is 110 Å². The number of rotatable bonds is 5. The van der Waals surface area contributed by atoms with E-state index < -0.39 is 0 Å². The molecule has 2 fully saturated rings. The Morgan fingerprint density at radius 1 is 1.33 bits per heavy atom. The van der Waals surface area contributed by atoms with Gasteiger partial charge in [-0.15, -0.1) is 0 Å². The number of carbonyl (C=O) groups is 1. The zero-order valence-corrected chi connectivity index (χ0v) is 11.4. The molecule has 0 bridgehead atoms. The summed E-state index contributed by atoms with van der Waals surface area (Å²) in [6, 6.07) is 0. The highest BCUT2D eigenvalue weighted by molar-refractivity contribution is 5.79. The van der Waals surface area contributed by atoms with Gasteiger partial charge in [0.2, 0.25) is 5.91 Å². The zero-order valence-electron chi connectivity index (χ0n) is 11.4. The second-order valence-corrected chi connectivity index (χ2v) is 5.65. The molecule has 1 aliphatic heterocycles. The minimum Gasteiger partial charge on any atom is -0.376 e. The standard InChI is InChI=1S/C14H26N2O2/c1-11-4-2-3-5-13(11)18-9-8-16-14(17)12-6-7-15-10-12/h11-13,15H,2-10H2,1H3,(H,16,17). The van der Waals surface area contributed by atoms with Crippen LogP contribution >= 0.6 is 0 Å². The van der Waals surface area contributed by atoms with E-state index in [2.05, 4.69) is 17.6 Å². The lowest BCUT2D eigenvalue weighted by atomic mass is 9.88. The van der Waals surface area contributed by atoms with Gasteiger partial charge in [-0.1, -0.05) is 19.8 Å². The lowest BCUT2D eigenvalue weighted by Gasteiger charge is -2.28. The fraction of sp³-hybridized carbons (Fsp3) is 0.929. The minimum absolute atomic E-state index is 0.165. The Bertz CT molecular complexity index is 265. The van der Waals surface area contributed by atoms with Crippen molar-refractivity contribution >= 4 is 5.91 Å². The molecule has 18 heavy (non-hydrogen) atoms. The van der Waals surface area contributed by atoms with Gasteiger partial charge in [-0.05, 0) is 31.7 Å². The molecule has 4 nitrogen and oxygen atoms in total. The molecule has 1 saturated heterocycles. The average molecular weight is 254 g/mol. The van der Waals surface area contributed by atoms with Crippen molar-refractivity contribution < 1.29 is 9.53 Å². The summed E-state index contributed by atoms with van der Waals surface area (Å²) in [4.78, 5) is 11.8. The van der Waals surface area contributed by atoms with Crippen LogP contribution in [0.2, 0.25) is 0 Å². The van der Waals surface area contributed by atoms with Crippen molar-refractivity contribution in [1.82, 2.24) is 10.6 Å². The minimum atomic E-state index is 0.165. The molecular weight excluding hydrogens is 228 g/mol. The third kappa shape index (κ3) is 3.95. The molecule has 1 amide bonds. The molecule has 0 aromatic rings. The van der Waals surface area contributed by atoms with Crippen LogP contribution in [-0.4, -0.2) is 38.3 Å². The van der Waals surface area contributed by atoms with E-state index in [0.717, 1.165) is 19.5 Å². The molecular formula is C14H26N2O2. The number of nitrogens with one attached hydrogen (secondary N) is 2. The van der Waals surface area contributed by atoms with Gasteiger partial charge in [-0.2, -0.15) is 0 Å². The third-order valence-corrected chi connectivity index (χ3v) is 4.20. The third-order valence-electron chi connectivity index (χ3n) is 4.20. The zero-order chi connectivity index (χ0) is 12.8. The molecule has 2 N–H and O–H groups in total. The highest BCUT2D eigenvalue weighted by atomic mass is 16.5. The van der Waals surface area contributed by atoms with Gasteiger partial charge in [-0.3, -0.25) is 4.79 Å². The molecule has 0 spiro atoms. The van der Waals surface area contributed by atoms with Crippen LogP contribution in [0.5, 0.6) is 0 Å². The lowest BCUT2D eigenvalue weighted by molar-refractivity contribution is -0.124. The average Bonchev–Trinajstić information content (AvgIpc) is 2.90. The van der Waals surface area contributed by atoms with Crippen LogP contribution in [-0.2, 0) is 9.53 Å². The van der Waals surface area contributed by atoms with E-state index in [4.69, 9.17) is 4.74 Å². The Balaban J connectivity index is 1.56.